The smallest absolute Gasteiger partial charge is 0.143 e. The zero-order valence-electron chi connectivity index (χ0n) is 14.8. The van der Waals surface area contributed by atoms with Crippen LogP contribution in [0.25, 0.3) is 22.4 Å². The van der Waals surface area contributed by atoms with Gasteiger partial charge < -0.3 is 20.6 Å². The number of hydrogen-bond acceptors (Lipinski definition) is 3. The highest BCUT2D eigenvalue weighted by Gasteiger charge is 2.12. The standard InChI is InChI=1S/C21H17N3O.2H2O/c1-24-19-12-6-5-11-18(19)23-21(24)16-9-3-4-10-17(16)22-14-15-8-2-7-13-20(15)25;;/h2-14,25H,1H3;2*1H2. The maximum absolute atomic E-state index is 9.91. The van der Waals surface area contributed by atoms with Crippen LogP contribution in [0.4, 0.5) is 5.69 Å². The lowest BCUT2D eigenvalue weighted by Gasteiger charge is -2.06. The number of phenols is 1. The van der Waals surface area contributed by atoms with Gasteiger partial charge in [0.1, 0.15) is 11.6 Å². The summed E-state index contributed by atoms with van der Waals surface area (Å²) in [6.45, 7) is 0. The summed E-state index contributed by atoms with van der Waals surface area (Å²) in [5, 5.41) is 9.91. The number of imidazole rings is 1. The molecule has 1 heterocycles. The van der Waals surface area contributed by atoms with E-state index in [2.05, 4.69) is 15.6 Å². The molecule has 0 amide bonds. The number of phenolic OH excluding ortho intramolecular Hbond substituents is 1. The van der Waals surface area contributed by atoms with Gasteiger partial charge in [-0.2, -0.15) is 0 Å². The zero-order chi connectivity index (χ0) is 17.2. The Morgan fingerprint density at radius 2 is 1.56 bits per heavy atom. The first kappa shape index (κ1) is 19.8. The Bertz CT molecular complexity index is 1090. The summed E-state index contributed by atoms with van der Waals surface area (Å²) in [7, 11) is 2.01. The molecule has 138 valence electrons. The van der Waals surface area contributed by atoms with Crippen molar-refractivity contribution in [3.05, 3.63) is 78.4 Å². The van der Waals surface area contributed by atoms with Gasteiger partial charge >= 0.3 is 0 Å². The monoisotopic (exact) mass is 363 g/mol. The molecule has 0 unspecified atom stereocenters. The van der Waals surface area contributed by atoms with Crippen molar-refractivity contribution in [3.63, 3.8) is 0 Å². The number of aromatic hydroxyl groups is 1. The van der Waals surface area contributed by atoms with E-state index in [0.717, 1.165) is 28.1 Å². The van der Waals surface area contributed by atoms with Gasteiger partial charge in [-0.3, -0.25) is 4.99 Å². The number of aliphatic imine (C=N–C) groups is 1. The molecule has 0 aliphatic rings. The van der Waals surface area contributed by atoms with E-state index in [-0.39, 0.29) is 16.7 Å². The van der Waals surface area contributed by atoms with E-state index in [4.69, 9.17) is 4.98 Å². The van der Waals surface area contributed by atoms with E-state index in [1.54, 1.807) is 18.3 Å². The molecule has 0 aliphatic heterocycles. The van der Waals surface area contributed by atoms with Crippen LogP contribution in [0.15, 0.2) is 77.8 Å². The maximum atomic E-state index is 9.91. The van der Waals surface area contributed by atoms with Crippen molar-refractivity contribution in [1.82, 2.24) is 9.55 Å². The molecule has 5 N–H and O–H groups in total. The van der Waals surface area contributed by atoms with Crippen LogP contribution in [0.1, 0.15) is 5.56 Å². The Labute approximate surface area is 156 Å². The van der Waals surface area contributed by atoms with E-state index < -0.39 is 0 Å². The lowest BCUT2D eigenvalue weighted by molar-refractivity contribution is 0.474. The third kappa shape index (κ3) is 3.72. The number of para-hydroxylation sites is 4. The number of aryl methyl sites for hydroxylation is 1. The average molecular weight is 363 g/mol. The fraction of sp³-hybridized carbons (Fsp3) is 0.0476. The number of nitrogens with zero attached hydrogens (tertiary/aromatic N) is 3. The van der Waals surface area contributed by atoms with E-state index in [0.29, 0.717) is 5.56 Å². The molecule has 3 aromatic carbocycles. The van der Waals surface area contributed by atoms with Gasteiger partial charge in [-0.15, -0.1) is 0 Å². The molecule has 0 bridgehead atoms. The predicted octanol–water partition coefficient (Wildman–Crippen LogP) is 3.05. The SMILES string of the molecule is Cn1c(-c2ccccc2N=Cc2ccccc2O)nc2ccccc21.O.O. The van der Waals surface area contributed by atoms with Crippen molar-refractivity contribution >= 4 is 22.9 Å². The largest absolute Gasteiger partial charge is 0.507 e. The van der Waals surface area contributed by atoms with Crippen molar-refractivity contribution < 1.29 is 16.1 Å². The quantitative estimate of drug-likeness (QED) is 0.564. The molecule has 0 saturated heterocycles. The molecule has 0 spiro atoms. The zero-order valence-corrected chi connectivity index (χ0v) is 14.8. The van der Waals surface area contributed by atoms with Crippen LogP contribution in [-0.4, -0.2) is 31.8 Å². The Hall–Kier alpha value is -3.48. The minimum atomic E-state index is 0. The highest BCUT2D eigenvalue weighted by atomic mass is 16.3. The lowest BCUT2D eigenvalue weighted by Crippen LogP contribution is -1.93. The molecule has 4 aromatic rings. The van der Waals surface area contributed by atoms with Crippen LogP contribution in [0.5, 0.6) is 5.75 Å². The summed E-state index contributed by atoms with van der Waals surface area (Å²) in [6, 6.07) is 23.1. The Morgan fingerprint density at radius 3 is 2.33 bits per heavy atom. The maximum Gasteiger partial charge on any atom is 0.143 e. The summed E-state index contributed by atoms with van der Waals surface area (Å²) in [4.78, 5) is 9.34. The van der Waals surface area contributed by atoms with E-state index in [1.807, 2.05) is 61.6 Å². The summed E-state index contributed by atoms with van der Waals surface area (Å²) >= 11 is 0. The number of hydrogen-bond donors (Lipinski definition) is 1. The van der Waals surface area contributed by atoms with Crippen LogP contribution in [0.3, 0.4) is 0 Å². The molecule has 4 rings (SSSR count). The Balaban J connectivity index is 0.00000131. The average Bonchev–Trinajstić information content (AvgIpc) is 2.98. The molecular formula is C21H21N3O3. The van der Waals surface area contributed by atoms with Crippen molar-refractivity contribution in [2.75, 3.05) is 0 Å². The van der Waals surface area contributed by atoms with Crippen molar-refractivity contribution in [2.45, 2.75) is 0 Å². The highest BCUT2D eigenvalue weighted by Crippen LogP contribution is 2.31. The van der Waals surface area contributed by atoms with E-state index >= 15 is 0 Å². The molecule has 0 radical (unpaired) electrons. The molecule has 0 saturated carbocycles. The second-order valence-electron chi connectivity index (χ2n) is 5.82. The molecule has 1 aromatic heterocycles. The fourth-order valence-electron chi connectivity index (χ4n) is 2.90. The molecule has 27 heavy (non-hydrogen) atoms. The van der Waals surface area contributed by atoms with Crippen molar-refractivity contribution in [1.29, 1.82) is 0 Å². The van der Waals surface area contributed by atoms with Gasteiger partial charge in [0.2, 0.25) is 0 Å². The van der Waals surface area contributed by atoms with Gasteiger partial charge in [0.15, 0.2) is 0 Å². The Morgan fingerprint density at radius 1 is 0.889 bits per heavy atom. The second kappa shape index (κ2) is 8.27. The van der Waals surface area contributed by atoms with Crippen LogP contribution in [-0.2, 0) is 7.05 Å². The second-order valence-corrected chi connectivity index (χ2v) is 5.82. The summed E-state index contributed by atoms with van der Waals surface area (Å²) in [5.41, 5.74) is 4.48. The van der Waals surface area contributed by atoms with Gasteiger partial charge in [0.05, 0.1) is 16.7 Å². The number of rotatable bonds is 3. The summed E-state index contributed by atoms with van der Waals surface area (Å²) in [5.74, 6) is 1.08. The molecule has 0 atom stereocenters. The van der Waals surface area contributed by atoms with Gasteiger partial charge in [-0.25, -0.2) is 4.98 Å². The molecule has 0 fully saturated rings. The van der Waals surface area contributed by atoms with Gasteiger partial charge in [-0.05, 0) is 36.4 Å². The highest BCUT2D eigenvalue weighted by molar-refractivity contribution is 5.88. The van der Waals surface area contributed by atoms with Crippen molar-refractivity contribution in [3.8, 4) is 17.1 Å². The first-order valence-electron chi connectivity index (χ1n) is 8.07. The van der Waals surface area contributed by atoms with Crippen LogP contribution in [0, 0.1) is 0 Å². The Kier molecular flexibility index (Phi) is 6.07. The minimum absolute atomic E-state index is 0. The molecule has 0 aliphatic carbocycles. The third-order valence-electron chi connectivity index (χ3n) is 4.21. The first-order valence-corrected chi connectivity index (χ1v) is 8.07. The third-order valence-corrected chi connectivity index (χ3v) is 4.21. The minimum Gasteiger partial charge on any atom is -0.507 e. The summed E-state index contributed by atoms with van der Waals surface area (Å²) in [6.07, 6.45) is 1.68. The van der Waals surface area contributed by atoms with Gasteiger partial charge in [0.25, 0.3) is 0 Å². The lowest BCUT2D eigenvalue weighted by atomic mass is 10.1. The summed E-state index contributed by atoms with van der Waals surface area (Å²) < 4.78 is 2.07. The molecule has 6 nitrogen and oxygen atoms in total. The fourth-order valence-corrected chi connectivity index (χ4v) is 2.90. The number of aromatic nitrogens is 2. The van der Waals surface area contributed by atoms with Gasteiger partial charge in [-0.1, -0.05) is 36.4 Å². The van der Waals surface area contributed by atoms with E-state index in [1.165, 1.54) is 0 Å². The number of benzene rings is 3. The number of fused-ring (bicyclic) bond motifs is 1. The molecular weight excluding hydrogens is 342 g/mol. The van der Waals surface area contributed by atoms with Gasteiger partial charge in [0, 0.05) is 24.4 Å². The van der Waals surface area contributed by atoms with Crippen LogP contribution < -0.4 is 0 Å². The molecule has 6 heteroatoms. The van der Waals surface area contributed by atoms with Crippen LogP contribution >= 0.6 is 0 Å². The normalized spacial score (nSPS) is 10.6. The first-order chi connectivity index (χ1) is 12.2. The van der Waals surface area contributed by atoms with Crippen molar-refractivity contribution in [2.24, 2.45) is 12.0 Å². The predicted molar refractivity (Wildman–Crippen MR) is 109 cm³/mol. The van der Waals surface area contributed by atoms with Crippen LogP contribution in [0.2, 0.25) is 0 Å². The van der Waals surface area contributed by atoms with E-state index in [9.17, 15) is 5.11 Å². The topological polar surface area (TPSA) is 113 Å².